The molecule has 2 amide bonds. The quantitative estimate of drug-likeness (QED) is 0.658. The molecule has 1 aromatic carbocycles. The number of hydrogen-bond donors (Lipinski definition) is 2. The molecule has 0 bridgehead atoms. The first kappa shape index (κ1) is 20.8. The number of amides is 2. The molecule has 0 aromatic heterocycles. The molecule has 9 nitrogen and oxygen atoms in total. The van der Waals surface area contributed by atoms with Crippen LogP contribution in [0.2, 0.25) is 0 Å². The minimum atomic E-state index is -3.32. The Hall–Kier alpha value is -2.47. The fraction of sp³-hybridized carbons (Fsp3) is 0.556. The molecule has 1 unspecified atom stereocenters. The van der Waals surface area contributed by atoms with Crippen molar-refractivity contribution in [1.29, 1.82) is 0 Å². The number of rotatable bonds is 6. The van der Waals surface area contributed by atoms with Crippen molar-refractivity contribution >= 4 is 33.4 Å². The Balaban J connectivity index is 1.44. The summed E-state index contributed by atoms with van der Waals surface area (Å²) in [5.74, 6) is -1.86. The third kappa shape index (κ3) is 4.06. The number of carbonyl (C=O) groups is 2. The van der Waals surface area contributed by atoms with Crippen LogP contribution in [0, 0.1) is 23.5 Å². The van der Waals surface area contributed by atoms with Crippen molar-refractivity contribution in [1.82, 2.24) is 10.0 Å². The average Bonchev–Trinajstić information content (AvgIpc) is 2.97. The van der Waals surface area contributed by atoms with Gasteiger partial charge in [0.25, 0.3) is 0 Å². The number of sulfonamides is 1. The summed E-state index contributed by atoms with van der Waals surface area (Å²) in [5, 5.41) is 2.53. The van der Waals surface area contributed by atoms with Crippen LogP contribution in [-0.2, 0) is 19.6 Å². The lowest BCUT2D eigenvalue weighted by Gasteiger charge is -2.24. The van der Waals surface area contributed by atoms with Crippen LogP contribution in [0.1, 0.15) is 6.92 Å². The van der Waals surface area contributed by atoms with Crippen LogP contribution in [0.3, 0.4) is 0 Å². The van der Waals surface area contributed by atoms with Gasteiger partial charge in [0.15, 0.2) is 11.6 Å². The zero-order chi connectivity index (χ0) is 21.8. The first-order valence-corrected chi connectivity index (χ1v) is 11.4. The molecule has 2 aliphatic heterocycles. The third-order valence-corrected chi connectivity index (χ3v) is 6.33. The largest absolute Gasteiger partial charge is 0.442 e. The second kappa shape index (κ2) is 7.34. The highest BCUT2D eigenvalue weighted by Gasteiger charge is 2.57. The molecule has 2 saturated heterocycles. The number of nitrogens with one attached hydrogen (secondary N) is 2. The van der Waals surface area contributed by atoms with Crippen molar-refractivity contribution in [3.05, 3.63) is 23.8 Å². The minimum absolute atomic E-state index is 0.0151. The van der Waals surface area contributed by atoms with E-state index in [2.05, 4.69) is 10.0 Å². The highest BCUT2D eigenvalue weighted by Crippen LogP contribution is 2.48. The van der Waals surface area contributed by atoms with Gasteiger partial charge in [-0.15, -0.1) is 0 Å². The van der Waals surface area contributed by atoms with Gasteiger partial charge in [-0.3, -0.25) is 9.69 Å². The molecule has 0 radical (unpaired) electrons. The van der Waals surface area contributed by atoms with Crippen molar-refractivity contribution in [3.8, 4) is 0 Å². The smallest absolute Gasteiger partial charge is 0.414 e. The lowest BCUT2D eigenvalue weighted by molar-refractivity contribution is -0.119. The fourth-order valence-electron chi connectivity index (χ4n) is 4.24. The van der Waals surface area contributed by atoms with Gasteiger partial charge in [-0.25, -0.2) is 26.7 Å². The van der Waals surface area contributed by atoms with Gasteiger partial charge >= 0.3 is 6.09 Å². The Morgan fingerprint density at radius 1 is 1.20 bits per heavy atom. The molecule has 1 saturated carbocycles. The highest BCUT2D eigenvalue weighted by atomic mass is 32.2. The zero-order valence-electron chi connectivity index (χ0n) is 16.4. The fourth-order valence-corrected chi connectivity index (χ4v) is 5.08. The predicted molar refractivity (Wildman–Crippen MR) is 104 cm³/mol. The third-order valence-electron chi connectivity index (χ3n) is 5.63. The van der Waals surface area contributed by atoms with Crippen LogP contribution in [0.25, 0.3) is 0 Å². The van der Waals surface area contributed by atoms with Crippen LogP contribution in [-0.4, -0.2) is 65.0 Å². The van der Waals surface area contributed by atoms with E-state index in [9.17, 15) is 26.8 Å². The number of cyclic esters (lactones) is 1. The molecule has 1 aromatic rings. The monoisotopic (exact) mass is 444 g/mol. The van der Waals surface area contributed by atoms with Crippen LogP contribution in [0.4, 0.5) is 25.0 Å². The van der Waals surface area contributed by atoms with Gasteiger partial charge in [0, 0.05) is 38.2 Å². The standard InChI is InChI=1S/C18H22F2N4O5S/c1-9(25)21-5-11-6-24(18(26)29-11)10-3-14(19)17(15(20)4-10)23-7-12-13(8-23)16(12)22-30(2,27)28/h3-4,11-13,16,22H,5-8H2,1-2H3,(H,21,25)/t11-,12-,13+,16?/m0/s1. The van der Waals surface area contributed by atoms with Gasteiger partial charge in [-0.1, -0.05) is 0 Å². The zero-order valence-corrected chi connectivity index (χ0v) is 17.2. The lowest BCUT2D eigenvalue weighted by atomic mass is 10.2. The van der Waals surface area contributed by atoms with E-state index in [0.29, 0.717) is 13.1 Å². The Morgan fingerprint density at radius 2 is 1.80 bits per heavy atom. The predicted octanol–water partition coefficient (Wildman–Crippen LogP) is 0.410. The number of fused-ring (bicyclic) bond motifs is 1. The molecule has 2 N–H and O–H groups in total. The molecule has 3 aliphatic rings. The van der Waals surface area contributed by atoms with Gasteiger partial charge in [-0.2, -0.15) is 0 Å². The molecule has 3 fully saturated rings. The van der Waals surface area contributed by atoms with Crippen LogP contribution < -0.4 is 19.8 Å². The van der Waals surface area contributed by atoms with E-state index in [1.165, 1.54) is 6.92 Å². The molecule has 1 aliphatic carbocycles. The number of hydrogen-bond acceptors (Lipinski definition) is 6. The van der Waals surface area contributed by atoms with Gasteiger partial charge < -0.3 is 15.0 Å². The molecular weight excluding hydrogens is 422 g/mol. The molecule has 12 heteroatoms. The maximum atomic E-state index is 14.8. The Kier molecular flexibility index (Phi) is 5.09. The second-order valence-electron chi connectivity index (χ2n) is 7.96. The van der Waals surface area contributed by atoms with Crippen molar-refractivity contribution in [2.45, 2.75) is 19.1 Å². The summed E-state index contributed by atoms with van der Waals surface area (Å²) in [6.45, 7) is 2.19. The number of carbonyl (C=O) groups excluding carboxylic acids is 2. The van der Waals surface area contributed by atoms with E-state index in [1.54, 1.807) is 4.90 Å². The number of ether oxygens (including phenoxy) is 1. The van der Waals surface area contributed by atoms with E-state index >= 15 is 0 Å². The molecule has 164 valence electrons. The van der Waals surface area contributed by atoms with E-state index in [0.717, 1.165) is 23.3 Å². The second-order valence-corrected chi connectivity index (χ2v) is 9.74. The molecule has 4 rings (SSSR count). The SMILES string of the molecule is CC(=O)NC[C@H]1CN(c2cc(F)c(N3C[C@@H]4C(NS(C)(=O)=O)[C@@H]4C3)c(F)c2)C(=O)O1. The molecule has 30 heavy (non-hydrogen) atoms. The van der Waals surface area contributed by atoms with Gasteiger partial charge in [-0.05, 0) is 11.8 Å². The maximum absolute atomic E-state index is 14.8. The summed E-state index contributed by atoms with van der Waals surface area (Å²) in [5.41, 5.74) is -0.156. The molecule has 2 heterocycles. The molecule has 4 atom stereocenters. The number of nitrogens with zero attached hydrogens (tertiary/aromatic N) is 2. The Bertz CT molecular complexity index is 969. The van der Waals surface area contributed by atoms with E-state index in [4.69, 9.17) is 4.74 Å². The summed E-state index contributed by atoms with van der Waals surface area (Å²) in [4.78, 5) is 25.8. The van der Waals surface area contributed by atoms with E-state index in [-0.39, 0.29) is 48.2 Å². The van der Waals surface area contributed by atoms with Gasteiger partial charge in [0.05, 0.1) is 25.0 Å². The summed E-state index contributed by atoms with van der Waals surface area (Å²) in [7, 11) is -3.32. The van der Waals surface area contributed by atoms with Crippen molar-refractivity contribution in [3.63, 3.8) is 0 Å². The summed E-state index contributed by atoms with van der Waals surface area (Å²) in [6.07, 6.45) is -0.271. The average molecular weight is 444 g/mol. The van der Waals surface area contributed by atoms with Crippen LogP contribution in [0.5, 0.6) is 0 Å². The maximum Gasteiger partial charge on any atom is 0.414 e. The first-order chi connectivity index (χ1) is 14.0. The Morgan fingerprint density at radius 3 is 2.33 bits per heavy atom. The number of anilines is 2. The van der Waals surface area contributed by atoms with E-state index in [1.807, 2.05) is 0 Å². The van der Waals surface area contributed by atoms with Gasteiger partial charge in [0.2, 0.25) is 15.9 Å². The number of benzene rings is 1. The lowest BCUT2D eigenvalue weighted by Crippen LogP contribution is -2.35. The van der Waals surface area contributed by atoms with Gasteiger partial charge in [0.1, 0.15) is 11.8 Å². The normalized spacial score (nSPS) is 27.8. The van der Waals surface area contributed by atoms with Crippen molar-refractivity contribution in [2.24, 2.45) is 11.8 Å². The Labute approximate surface area is 172 Å². The van der Waals surface area contributed by atoms with E-state index < -0.39 is 33.9 Å². The molecular formula is C18H22F2N4O5S. The van der Waals surface area contributed by atoms with Crippen molar-refractivity contribution in [2.75, 3.05) is 42.2 Å². The topological polar surface area (TPSA) is 108 Å². The number of piperidine rings is 1. The van der Waals surface area contributed by atoms with Crippen molar-refractivity contribution < 1.29 is 31.5 Å². The van der Waals surface area contributed by atoms with Crippen LogP contribution in [0.15, 0.2) is 12.1 Å². The van der Waals surface area contributed by atoms with Crippen LogP contribution >= 0.6 is 0 Å². The highest BCUT2D eigenvalue weighted by molar-refractivity contribution is 7.88. The molecule has 0 spiro atoms. The summed E-state index contributed by atoms with van der Waals surface area (Å²) in [6, 6.07) is 1.97. The number of halogens is 2. The minimum Gasteiger partial charge on any atom is -0.442 e. The first-order valence-electron chi connectivity index (χ1n) is 9.47. The summed E-state index contributed by atoms with van der Waals surface area (Å²) >= 11 is 0. The summed E-state index contributed by atoms with van der Waals surface area (Å²) < 4.78 is 59.9.